The average molecular weight is 293 g/mol. The van der Waals surface area contributed by atoms with Crippen LogP contribution in [-0.4, -0.2) is 40.5 Å². The van der Waals surface area contributed by atoms with Crippen LogP contribution in [0.4, 0.5) is 0 Å². The van der Waals surface area contributed by atoms with Crippen molar-refractivity contribution in [1.29, 1.82) is 0 Å². The summed E-state index contributed by atoms with van der Waals surface area (Å²) in [4.78, 5) is 12.0. The number of nitrogens with zero attached hydrogens (tertiary/aromatic N) is 3. The Balaban J connectivity index is 1.73. The molecule has 0 unspecified atom stereocenters. The van der Waals surface area contributed by atoms with Gasteiger partial charge in [-0.25, -0.2) is 4.68 Å². The van der Waals surface area contributed by atoms with Crippen molar-refractivity contribution in [2.24, 2.45) is 5.92 Å². The number of carbonyl (C=O) groups excluding carboxylic acids is 1. The number of hydrogen-bond acceptors (Lipinski definition) is 4. The van der Waals surface area contributed by atoms with Gasteiger partial charge in [0.25, 0.3) is 5.91 Å². The molecule has 0 radical (unpaired) electrons. The van der Waals surface area contributed by atoms with Crippen molar-refractivity contribution in [2.45, 2.75) is 52.0 Å². The van der Waals surface area contributed by atoms with Crippen molar-refractivity contribution < 1.29 is 4.79 Å². The molecule has 1 fully saturated rings. The highest BCUT2D eigenvalue weighted by molar-refractivity contribution is 5.91. The second-order valence-electron chi connectivity index (χ2n) is 6.21. The van der Waals surface area contributed by atoms with E-state index < -0.39 is 0 Å². The van der Waals surface area contributed by atoms with Gasteiger partial charge < -0.3 is 10.6 Å². The van der Waals surface area contributed by atoms with Crippen molar-refractivity contribution in [3.05, 3.63) is 11.9 Å². The van der Waals surface area contributed by atoms with E-state index >= 15 is 0 Å². The summed E-state index contributed by atoms with van der Waals surface area (Å²) in [5, 5.41) is 14.3. The van der Waals surface area contributed by atoms with E-state index in [-0.39, 0.29) is 5.91 Å². The molecule has 6 nitrogen and oxygen atoms in total. The lowest BCUT2D eigenvalue weighted by atomic mass is 10.1. The molecular formula is C15H27N5O. The summed E-state index contributed by atoms with van der Waals surface area (Å²) in [5.41, 5.74) is 0.428. The molecule has 2 N–H and O–H groups in total. The third-order valence-corrected chi connectivity index (χ3v) is 3.92. The minimum atomic E-state index is -0.111. The zero-order chi connectivity index (χ0) is 15.1. The van der Waals surface area contributed by atoms with Gasteiger partial charge in [0, 0.05) is 6.54 Å². The highest BCUT2D eigenvalue weighted by Gasteiger charge is 2.18. The van der Waals surface area contributed by atoms with E-state index in [9.17, 15) is 4.79 Å². The first-order valence-corrected chi connectivity index (χ1v) is 8.07. The van der Waals surface area contributed by atoms with Crippen LogP contribution in [0.3, 0.4) is 0 Å². The van der Waals surface area contributed by atoms with Crippen molar-refractivity contribution in [2.75, 3.05) is 19.6 Å². The van der Waals surface area contributed by atoms with Crippen molar-refractivity contribution in [3.8, 4) is 0 Å². The van der Waals surface area contributed by atoms with Crippen molar-refractivity contribution in [3.63, 3.8) is 0 Å². The van der Waals surface area contributed by atoms with Crippen LogP contribution in [0.25, 0.3) is 0 Å². The van der Waals surface area contributed by atoms with E-state index in [0.29, 0.717) is 18.3 Å². The molecular weight excluding hydrogens is 266 g/mol. The van der Waals surface area contributed by atoms with E-state index in [2.05, 4.69) is 34.8 Å². The van der Waals surface area contributed by atoms with Gasteiger partial charge in [0.15, 0.2) is 5.69 Å². The fourth-order valence-electron chi connectivity index (χ4n) is 2.60. The molecule has 6 heteroatoms. The molecule has 1 aliphatic rings. The van der Waals surface area contributed by atoms with Gasteiger partial charge in [-0.05, 0) is 38.3 Å². The quantitative estimate of drug-likeness (QED) is 0.751. The minimum Gasteiger partial charge on any atom is -0.351 e. The normalized spacial score (nSPS) is 16.3. The standard InChI is InChI=1S/C15H27N5O/c1-12(2)5-3-4-8-17-15(21)14-11-20(19-18-14)13-6-9-16-10-7-13/h11-13,16H,3-10H2,1-2H3,(H,17,21). The maximum absolute atomic E-state index is 12.0. The first kappa shape index (κ1) is 15.9. The number of nitrogens with one attached hydrogen (secondary N) is 2. The molecule has 0 atom stereocenters. The number of carbonyl (C=O) groups is 1. The van der Waals surface area contributed by atoms with E-state index in [1.807, 2.05) is 4.68 Å². The summed E-state index contributed by atoms with van der Waals surface area (Å²) in [6, 6.07) is 0.367. The molecule has 0 bridgehead atoms. The van der Waals surface area contributed by atoms with Crippen LogP contribution in [0.2, 0.25) is 0 Å². The molecule has 0 saturated carbocycles. The van der Waals surface area contributed by atoms with Crippen LogP contribution in [0.5, 0.6) is 0 Å². The molecule has 2 heterocycles. The lowest BCUT2D eigenvalue weighted by molar-refractivity contribution is 0.0948. The smallest absolute Gasteiger partial charge is 0.273 e. The highest BCUT2D eigenvalue weighted by Crippen LogP contribution is 2.16. The van der Waals surface area contributed by atoms with Gasteiger partial charge >= 0.3 is 0 Å². The predicted octanol–water partition coefficient (Wildman–Crippen LogP) is 1.76. The summed E-state index contributed by atoms with van der Waals surface area (Å²) in [7, 11) is 0. The van der Waals surface area contributed by atoms with Gasteiger partial charge in [-0.1, -0.05) is 31.9 Å². The summed E-state index contributed by atoms with van der Waals surface area (Å²) < 4.78 is 1.84. The first-order valence-electron chi connectivity index (χ1n) is 8.07. The maximum atomic E-state index is 12.0. The molecule has 0 spiro atoms. The van der Waals surface area contributed by atoms with Crippen LogP contribution in [-0.2, 0) is 0 Å². The number of rotatable bonds is 7. The molecule has 2 rings (SSSR count). The van der Waals surface area contributed by atoms with Crippen molar-refractivity contribution in [1.82, 2.24) is 25.6 Å². The fraction of sp³-hybridized carbons (Fsp3) is 0.800. The Morgan fingerprint density at radius 1 is 1.43 bits per heavy atom. The third kappa shape index (κ3) is 5.12. The Morgan fingerprint density at radius 3 is 2.90 bits per heavy atom. The van der Waals surface area contributed by atoms with Crippen LogP contribution in [0.1, 0.15) is 62.5 Å². The average Bonchev–Trinajstić information content (AvgIpc) is 2.97. The largest absolute Gasteiger partial charge is 0.351 e. The summed E-state index contributed by atoms with van der Waals surface area (Å²) in [6.07, 6.45) is 7.24. The molecule has 1 saturated heterocycles. The second kappa shape index (κ2) is 8.12. The number of piperidine rings is 1. The fourth-order valence-corrected chi connectivity index (χ4v) is 2.60. The van der Waals surface area contributed by atoms with Gasteiger partial charge in [-0.15, -0.1) is 5.10 Å². The Kier molecular flexibility index (Phi) is 6.17. The summed E-state index contributed by atoms with van der Waals surface area (Å²) in [5.74, 6) is 0.616. The number of unbranched alkanes of at least 4 members (excludes halogenated alkanes) is 1. The van der Waals surface area contributed by atoms with Crippen LogP contribution in [0, 0.1) is 5.92 Å². The number of hydrogen-bond donors (Lipinski definition) is 2. The van der Waals surface area contributed by atoms with Gasteiger partial charge in [0.1, 0.15) is 0 Å². The Morgan fingerprint density at radius 2 is 2.19 bits per heavy atom. The van der Waals surface area contributed by atoms with Gasteiger partial charge in [-0.3, -0.25) is 4.79 Å². The van der Waals surface area contributed by atoms with E-state index in [0.717, 1.165) is 44.7 Å². The first-order chi connectivity index (χ1) is 10.2. The van der Waals surface area contributed by atoms with E-state index in [1.165, 1.54) is 6.42 Å². The maximum Gasteiger partial charge on any atom is 0.273 e. The van der Waals surface area contributed by atoms with Gasteiger partial charge in [0.05, 0.1) is 12.2 Å². The predicted molar refractivity (Wildman–Crippen MR) is 82.2 cm³/mol. The Labute approximate surface area is 126 Å². The lowest BCUT2D eigenvalue weighted by Crippen LogP contribution is -2.29. The van der Waals surface area contributed by atoms with Crippen LogP contribution >= 0.6 is 0 Å². The Hall–Kier alpha value is -1.43. The number of aromatic nitrogens is 3. The molecule has 1 aliphatic heterocycles. The minimum absolute atomic E-state index is 0.111. The zero-order valence-corrected chi connectivity index (χ0v) is 13.1. The summed E-state index contributed by atoms with van der Waals surface area (Å²) >= 11 is 0. The topological polar surface area (TPSA) is 71.8 Å². The lowest BCUT2D eigenvalue weighted by Gasteiger charge is -2.22. The second-order valence-corrected chi connectivity index (χ2v) is 6.21. The molecule has 118 valence electrons. The SMILES string of the molecule is CC(C)CCCCNC(=O)c1cn(C2CCNCC2)nn1. The molecule has 1 aromatic rings. The monoisotopic (exact) mass is 293 g/mol. The molecule has 0 aromatic carbocycles. The van der Waals surface area contributed by atoms with Crippen LogP contribution < -0.4 is 10.6 Å². The molecule has 1 amide bonds. The van der Waals surface area contributed by atoms with E-state index in [4.69, 9.17) is 0 Å². The van der Waals surface area contributed by atoms with Crippen LogP contribution in [0.15, 0.2) is 6.20 Å². The third-order valence-electron chi connectivity index (χ3n) is 3.92. The van der Waals surface area contributed by atoms with E-state index in [1.54, 1.807) is 6.20 Å². The number of amides is 1. The summed E-state index contributed by atoms with van der Waals surface area (Å²) in [6.45, 7) is 7.16. The Bertz CT molecular complexity index is 437. The zero-order valence-electron chi connectivity index (χ0n) is 13.1. The molecule has 1 aromatic heterocycles. The van der Waals surface area contributed by atoms with Gasteiger partial charge in [0.2, 0.25) is 0 Å². The van der Waals surface area contributed by atoms with Crippen molar-refractivity contribution >= 4 is 5.91 Å². The molecule has 0 aliphatic carbocycles. The van der Waals surface area contributed by atoms with Gasteiger partial charge in [-0.2, -0.15) is 0 Å². The molecule has 21 heavy (non-hydrogen) atoms. The highest BCUT2D eigenvalue weighted by atomic mass is 16.2.